The van der Waals surface area contributed by atoms with Crippen molar-refractivity contribution in [1.29, 1.82) is 0 Å². The molecule has 0 spiro atoms. The molecule has 3 heteroatoms. The fourth-order valence-corrected chi connectivity index (χ4v) is 1.78. The van der Waals surface area contributed by atoms with Gasteiger partial charge in [-0.15, -0.1) is 0 Å². The molecule has 0 aliphatic carbocycles. The molecule has 1 amide bonds. The Bertz CT molecular complexity index is 502. The van der Waals surface area contributed by atoms with Crippen LogP contribution in [0.1, 0.15) is 16.1 Å². The van der Waals surface area contributed by atoms with Gasteiger partial charge in [0.05, 0.1) is 6.54 Å². The highest BCUT2D eigenvalue weighted by molar-refractivity contribution is 5.93. The quantitative estimate of drug-likeness (QED) is 0.791. The first kappa shape index (κ1) is 11.5. The summed E-state index contributed by atoms with van der Waals surface area (Å²) in [6, 6.07) is 13.3. The monoisotopic (exact) mass is 228 g/mol. The molecular formula is C14H16N2O. The molecule has 0 atom stereocenters. The molecule has 0 unspecified atom stereocenters. The number of benzene rings is 1. The number of amides is 1. The second-order valence-corrected chi connectivity index (χ2v) is 4.14. The maximum absolute atomic E-state index is 12.1. The van der Waals surface area contributed by atoms with Crippen molar-refractivity contribution >= 4 is 5.91 Å². The molecule has 1 aromatic carbocycles. The Morgan fingerprint density at radius 1 is 1.18 bits per heavy atom. The van der Waals surface area contributed by atoms with Crippen LogP contribution in [-0.4, -0.2) is 22.4 Å². The van der Waals surface area contributed by atoms with Crippen LogP contribution in [0.15, 0.2) is 48.7 Å². The van der Waals surface area contributed by atoms with Gasteiger partial charge in [0.15, 0.2) is 0 Å². The minimum absolute atomic E-state index is 0.0480. The van der Waals surface area contributed by atoms with E-state index in [9.17, 15) is 4.79 Å². The maximum atomic E-state index is 12.1. The van der Waals surface area contributed by atoms with E-state index in [2.05, 4.69) is 0 Å². The molecule has 0 radical (unpaired) electrons. The number of aryl methyl sites for hydroxylation is 1. The third-order valence-electron chi connectivity index (χ3n) is 2.82. The van der Waals surface area contributed by atoms with Crippen molar-refractivity contribution in [2.45, 2.75) is 6.54 Å². The van der Waals surface area contributed by atoms with Crippen molar-refractivity contribution in [3.05, 3.63) is 59.9 Å². The third-order valence-corrected chi connectivity index (χ3v) is 2.82. The van der Waals surface area contributed by atoms with Crippen molar-refractivity contribution in [2.75, 3.05) is 7.05 Å². The Morgan fingerprint density at radius 2 is 1.88 bits per heavy atom. The lowest BCUT2D eigenvalue weighted by Crippen LogP contribution is -2.26. The maximum Gasteiger partial charge on any atom is 0.253 e. The second kappa shape index (κ2) is 4.87. The predicted molar refractivity (Wildman–Crippen MR) is 67.7 cm³/mol. The second-order valence-electron chi connectivity index (χ2n) is 4.14. The van der Waals surface area contributed by atoms with Gasteiger partial charge >= 0.3 is 0 Å². The summed E-state index contributed by atoms with van der Waals surface area (Å²) in [5, 5.41) is 0. The molecule has 2 rings (SSSR count). The van der Waals surface area contributed by atoms with Gasteiger partial charge in [-0.2, -0.15) is 0 Å². The van der Waals surface area contributed by atoms with Crippen LogP contribution in [-0.2, 0) is 13.6 Å². The van der Waals surface area contributed by atoms with Gasteiger partial charge in [0.1, 0.15) is 0 Å². The predicted octanol–water partition coefficient (Wildman–Crippen LogP) is 2.30. The van der Waals surface area contributed by atoms with Crippen LogP contribution in [0.4, 0.5) is 0 Å². The van der Waals surface area contributed by atoms with E-state index in [0.717, 1.165) is 11.3 Å². The lowest BCUT2D eigenvalue weighted by Gasteiger charge is -2.17. The summed E-state index contributed by atoms with van der Waals surface area (Å²) in [6.45, 7) is 0.622. The molecule has 3 nitrogen and oxygen atoms in total. The van der Waals surface area contributed by atoms with Gasteiger partial charge in [0.25, 0.3) is 5.91 Å². The van der Waals surface area contributed by atoms with Gasteiger partial charge < -0.3 is 9.47 Å². The SMILES string of the molecule is CN(Cc1cccn1C)C(=O)c1ccccc1. The van der Waals surface area contributed by atoms with E-state index >= 15 is 0 Å². The molecule has 17 heavy (non-hydrogen) atoms. The molecule has 0 fully saturated rings. The number of carbonyl (C=O) groups excluding carboxylic acids is 1. The van der Waals surface area contributed by atoms with Crippen molar-refractivity contribution in [1.82, 2.24) is 9.47 Å². The van der Waals surface area contributed by atoms with E-state index in [1.165, 1.54) is 0 Å². The highest BCUT2D eigenvalue weighted by atomic mass is 16.2. The molecule has 1 aromatic heterocycles. The van der Waals surface area contributed by atoms with Crippen molar-refractivity contribution < 1.29 is 4.79 Å². The lowest BCUT2D eigenvalue weighted by atomic mass is 10.2. The zero-order valence-electron chi connectivity index (χ0n) is 10.1. The number of hydrogen-bond acceptors (Lipinski definition) is 1. The normalized spacial score (nSPS) is 10.2. The Hall–Kier alpha value is -2.03. The molecule has 0 saturated heterocycles. The molecule has 0 N–H and O–H groups in total. The van der Waals surface area contributed by atoms with E-state index < -0.39 is 0 Å². The van der Waals surface area contributed by atoms with E-state index in [0.29, 0.717) is 6.54 Å². The minimum atomic E-state index is 0.0480. The van der Waals surface area contributed by atoms with Gasteiger partial charge in [-0.3, -0.25) is 4.79 Å². The molecule has 1 heterocycles. The first-order chi connectivity index (χ1) is 8.18. The van der Waals surface area contributed by atoms with Crippen LogP contribution in [0, 0.1) is 0 Å². The molecule has 0 aliphatic heterocycles. The van der Waals surface area contributed by atoms with Crippen LogP contribution in [0.2, 0.25) is 0 Å². The van der Waals surface area contributed by atoms with E-state index in [-0.39, 0.29) is 5.91 Å². The van der Waals surface area contributed by atoms with Crippen molar-refractivity contribution in [3.63, 3.8) is 0 Å². The summed E-state index contributed by atoms with van der Waals surface area (Å²) in [4.78, 5) is 13.8. The van der Waals surface area contributed by atoms with E-state index in [4.69, 9.17) is 0 Å². The summed E-state index contributed by atoms with van der Waals surface area (Å²) >= 11 is 0. The van der Waals surface area contributed by atoms with E-state index in [1.807, 2.05) is 67.3 Å². The number of aromatic nitrogens is 1. The molecule has 88 valence electrons. The van der Waals surface area contributed by atoms with Crippen LogP contribution in [0.25, 0.3) is 0 Å². The van der Waals surface area contributed by atoms with Gasteiger partial charge in [-0.1, -0.05) is 18.2 Å². The zero-order valence-corrected chi connectivity index (χ0v) is 10.1. The fraction of sp³-hybridized carbons (Fsp3) is 0.214. The first-order valence-electron chi connectivity index (χ1n) is 5.59. The number of rotatable bonds is 3. The Labute approximate surface area is 101 Å². The van der Waals surface area contributed by atoms with Gasteiger partial charge in [-0.25, -0.2) is 0 Å². The number of nitrogens with zero attached hydrogens (tertiary/aromatic N) is 2. The largest absolute Gasteiger partial charge is 0.353 e. The summed E-state index contributed by atoms with van der Waals surface area (Å²) in [6.07, 6.45) is 1.98. The van der Waals surface area contributed by atoms with Crippen LogP contribution in [0.3, 0.4) is 0 Å². The van der Waals surface area contributed by atoms with E-state index in [1.54, 1.807) is 4.90 Å². The summed E-state index contributed by atoms with van der Waals surface area (Å²) in [5.41, 5.74) is 1.85. The zero-order chi connectivity index (χ0) is 12.3. The Kier molecular flexibility index (Phi) is 3.28. The van der Waals surface area contributed by atoms with Crippen molar-refractivity contribution in [3.8, 4) is 0 Å². The van der Waals surface area contributed by atoms with Gasteiger partial charge in [-0.05, 0) is 24.3 Å². The fourth-order valence-electron chi connectivity index (χ4n) is 1.78. The number of hydrogen-bond donors (Lipinski definition) is 0. The lowest BCUT2D eigenvalue weighted by molar-refractivity contribution is 0.0782. The number of carbonyl (C=O) groups is 1. The summed E-state index contributed by atoms with van der Waals surface area (Å²) in [5.74, 6) is 0.0480. The van der Waals surface area contributed by atoms with Crippen molar-refractivity contribution in [2.24, 2.45) is 7.05 Å². The summed E-state index contributed by atoms with van der Waals surface area (Å²) in [7, 11) is 3.80. The Morgan fingerprint density at radius 3 is 2.47 bits per heavy atom. The van der Waals surface area contributed by atoms with Crippen LogP contribution < -0.4 is 0 Å². The Balaban J connectivity index is 2.09. The van der Waals surface area contributed by atoms with Crippen LogP contribution in [0.5, 0.6) is 0 Å². The average molecular weight is 228 g/mol. The first-order valence-corrected chi connectivity index (χ1v) is 5.59. The molecule has 0 bridgehead atoms. The summed E-state index contributed by atoms with van der Waals surface area (Å²) < 4.78 is 2.02. The highest BCUT2D eigenvalue weighted by Gasteiger charge is 2.12. The average Bonchev–Trinajstić information content (AvgIpc) is 2.75. The molecule has 2 aromatic rings. The molecular weight excluding hydrogens is 212 g/mol. The highest BCUT2D eigenvalue weighted by Crippen LogP contribution is 2.08. The van der Waals surface area contributed by atoms with Gasteiger partial charge in [0.2, 0.25) is 0 Å². The topological polar surface area (TPSA) is 25.2 Å². The minimum Gasteiger partial charge on any atom is -0.353 e. The van der Waals surface area contributed by atoms with Gasteiger partial charge in [0, 0.05) is 31.5 Å². The smallest absolute Gasteiger partial charge is 0.253 e. The molecule has 0 aliphatic rings. The van der Waals surface area contributed by atoms with Crippen LogP contribution >= 0.6 is 0 Å². The standard InChI is InChI=1S/C14H16N2O/c1-15-10-6-9-13(15)11-16(2)14(17)12-7-4-3-5-8-12/h3-10H,11H2,1-2H3. The molecule has 0 saturated carbocycles. The third kappa shape index (κ3) is 2.56.